The topological polar surface area (TPSA) is 73.5 Å². The van der Waals surface area contributed by atoms with Crippen LogP contribution in [0.1, 0.15) is 35.2 Å². The van der Waals surface area contributed by atoms with Crippen LogP contribution >= 0.6 is 0 Å². The van der Waals surface area contributed by atoms with Gasteiger partial charge in [-0.1, -0.05) is 12.1 Å². The lowest BCUT2D eigenvalue weighted by atomic mass is 10.0. The Morgan fingerprint density at radius 2 is 2.12 bits per heavy atom. The third-order valence-corrected chi connectivity index (χ3v) is 4.47. The third-order valence-electron chi connectivity index (χ3n) is 4.47. The molecule has 3 N–H and O–H groups in total. The summed E-state index contributed by atoms with van der Waals surface area (Å²) in [6, 6.07) is 7.42. The minimum Gasteiger partial charge on any atom is -0.352 e. The molecule has 0 saturated carbocycles. The average Bonchev–Trinajstić information content (AvgIpc) is 3.11. The van der Waals surface area contributed by atoms with Crippen LogP contribution in [0.4, 0.5) is 0 Å². The summed E-state index contributed by atoms with van der Waals surface area (Å²) < 4.78 is 0. The molecule has 1 fully saturated rings. The van der Waals surface area contributed by atoms with Crippen LogP contribution in [0.5, 0.6) is 0 Å². The zero-order valence-corrected chi connectivity index (χ0v) is 15.3. The van der Waals surface area contributed by atoms with Gasteiger partial charge in [0.1, 0.15) is 0 Å². The molecule has 1 aliphatic heterocycles. The Morgan fingerprint density at radius 1 is 1.28 bits per heavy atom. The van der Waals surface area contributed by atoms with E-state index in [2.05, 4.69) is 16.0 Å². The zero-order valence-electron chi connectivity index (χ0n) is 15.3. The lowest BCUT2D eigenvalue weighted by molar-refractivity contribution is -0.121. The smallest absolute Gasteiger partial charge is 0.251 e. The van der Waals surface area contributed by atoms with Crippen LogP contribution in [0.25, 0.3) is 0 Å². The zero-order chi connectivity index (χ0) is 18.1. The van der Waals surface area contributed by atoms with Gasteiger partial charge in [0.05, 0.1) is 0 Å². The monoisotopic (exact) mass is 346 g/mol. The highest BCUT2D eigenvalue weighted by Crippen LogP contribution is 2.14. The molecule has 0 spiro atoms. The van der Waals surface area contributed by atoms with Crippen LogP contribution in [0.3, 0.4) is 0 Å². The molecule has 1 heterocycles. The Kier molecular flexibility index (Phi) is 7.88. The molecule has 138 valence electrons. The summed E-state index contributed by atoms with van der Waals surface area (Å²) in [5.74, 6) is 0.622. The van der Waals surface area contributed by atoms with Crippen molar-refractivity contribution in [2.75, 3.05) is 40.3 Å². The predicted molar refractivity (Wildman–Crippen MR) is 99.4 cm³/mol. The van der Waals surface area contributed by atoms with Gasteiger partial charge in [0.25, 0.3) is 5.91 Å². The van der Waals surface area contributed by atoms with E-state index >= 15 is 0 Å². The summed E-state index contributed by atoms with van der Waals surface area (Å²) in [5.41, 5.74) is 1.57. The third kappa shape index (κ3) is 7.23. The van der Waals surface area contributed by atoms with Crippen molar-refractivity contribution in [2.45, 2.75) is 25.8 Å². The molecule has 0 aromatic heterocycles. The number of amides is 2. The van der Waals surface area contributed by atoms with Gasteiger partial charge >= 0.3 is 0 Å². The molecule has 0 bridgehead atoms. The molecule has 6 nitrogen and oxygen atoms in total. The maximum Gasteiger partial charge on any atom is 0.251 e. The predicted octanol–water partition coefficient (Wildman–Crippen LogP) is 0.984. The lowest BCUT2D eigenvalue weighted by Gasteiger charge is -2.11. The second kappa shape index (κ2) is 10.2. The van der Waals surface area contributed by atoms with Gasteiger partial charge in [-0.25, -0.2) is 0 Å². The van der Waals surface area contributed by atoms with E-state index in [0.717, 1.165) is 38.0 Å². The number of hydrogen-bond acceptors (Lipinski definition) is 4. The van der Waals surface area contributed by atoms with E-state index in [1.54, 1.807) is 6.07 Å². The first-order valence-corrected chi connectivity index (χ1v) is 9.04. The van der Waals surface area contributed by atoms with Gasteiger partial charge in [-0.3, -0.25) is 9.59 Å². The van der Waals surface area contributed by atoms with Crippen molar-refractivity contribution in [3.8, 4) is 0 Å². The van der Waals surface area contributed by atoms with Crippen LogP contribution in [-0.4, -0.2) is 57.0 Å². The van der Waals surface area contributed by atoms with Crippen molar-refractivity contribution < 1.29 is 9.59 Å². The summed E-state index contributed by atoms with van der Waals surface area (Å²) in [6.07, 6.45) is 2.67. The summed E-state index contributed by atoms with van der Waals surface area (Å²) in [6.45, 7) is 3.97. The van der Waals surface area contributed by atoms with Gasteiger partial charge < -0.3 is 20.9 Å². The molecular weight excluding hydrogens is 316 g/mol. The van der Waals surface area contributed by atoms with Crippen molar-refractivity contribution in [1.82, 2.24) is 20.9 Å². The minimum absolute atomic E-state index is 0.0766. The van der Waals surface area contributed by atoms with E-state index in [9.17, 15) is 9.59 Å². The van der Waals surface area contributed by atoms with Gasteiger partial charge in [0.2, 0.25) is 5.91 Å². The van der Waals surface area contributed by atoms with E-state index in [4.69, 9.17) is 0 Å². The van der Waals surface area contributed by atoms with Crippen molar-refractivity contribution in [1.29, 1.82) is 0 Å². The van der Waals surface area contributed by atoms with Crippen molar-refractivity contribution in [3.05, 3.63) is 35.4 Å². The first-order chi connectivity index (χ1) is 12.0. The normalized spacial score (nSPS) is 16.8. The fraction of sp³-hybridized carbons (Fsp3) is 0.579. The van der Waals surface area contributed by atoms with Crippen LogP contribution in [0.15, 0.2) is 24.3 Å². The molecule has 0 aliphatic carbocycles. The first kappa shape index (κ1) is 19.4. The number of likely N-dealkylation sites (N-methyl/N-ethyl adjacent to an activating group) is 1. The van der Waals surface area contributed by atoms with Crippen LogP contribution in [0.2, 0.25) is 0 Å². The van der Waals surface area contributed by atoms with Crippen LogP contribution in [0, 0.1) is 5.92 Å². The summed E-state index contributed by atoms with van der Waals surface area (Å²) in [5, 5.41) is 9.17. The largest absolute Gasteiger partial charge is 0.352 e. The second-order valence-corrected chi connectivity index (χ2v) is 6.93. The van der Waals surface area contributed by atoms with Crippen molar-refractivity contribution in [3.63, 3.8) is 0 Å². The van der Waals surface area contributed by atoms with E-state index in [1.165, 1.54) is 0 Å². The Bertz CT molecular complexity index is 568. The van der Waals surface area contributed by atoms with E-state index in [-0.39, 0.29) is 11.8 Å². The number of nitrogens with one attached hydrogen (secondary N) is 3. The maximum atomic E-state index is 12.1. The second-order valence-electron chi connectivity index (χ2n) is 6.93. The molecule has 2 rings (SSSR count). The van der Waals surface area contributed by atoms with E-state index in [0.29, 0.717) is 31.0 Å². The number of carbonyl (C=O) groups is 2. The summed E-state index contributed by atoms with van der Waals surface area (Å²) in [4.78, 5) is 26.1. The van der Waals surface area contributed by atoms with Crippen molar-refractivity contribution in [2.24, 2.45) is 5.92 Å². The molecule has 1 saturated heterocycles. The maximum absolute atomic E-state index is 12.1. The molecule has 1 aromatic carbocycles. The van der Waals surface area contributed by atoms with E-state index in [1.807, 2.05) is 37.2 Å². The van der Waals surface area contributed by atoms with Gasteiger partial charge in [0.15, 0.2) is 0 Å². The Morgan fingerprint density at radius 3 is 2.84 bits per heavy atom. The fourth-order valence-electron chi connectivity index (χ4n) is 2.90. The molecule has 6 heteroatoms. The van der Waals surface area contributed by atoms with Crippen molar-refractivity contribution >= 4 is 11.8 Å². The SMILES string of the molecule is CN(C)CCNC(=O)c1cccc(CNC(=O)CCC2CCNC2)c1. The van der Waals surface area contributed by atoms with Crippen LogP contribution in [-0.2, 0) is 11.3 Å². The summed E-state index contributed by atoms with van der Waals surface area (Å²) >= 11 is 0. The Labute approximate surface area is 150 Å². The molecule has 1 atom stereocenters. The molecule has 1 aliphatic rings. The number of carbonyl (C=O) groups excluding carboxylic acids is 2. The first-order valence-electron chi connectivity index (χ1n) is 9.04. The number of nitrogens with zero attached hydrogens (tertiary/aromatic N) is 1. The van der Waals surface area contributed by atoms with E-state index < -0.39 is 0 Å². The van der Waals surface area contributed by atoms with Gasteiger partial charge in [-0.05, 0) is 63.6 Å². The highest BCUT2D eigenvalue weighted by Gasteiger charge is 2.15. The molecule has 25 heavy (non-hydrogen) atoms. The Balaban J connectivity index is 1.74. The molecular formula is C19H30N4O2. The summed E-state index contributed by atoms with van der Waals surface area (Å²) in [7, 11) is 3.94. The number of rotatable bonds is 9. The minimum atomic E-state index is -0.0799. The fourth-order valence-corrected chi connectivity index (χ4v) is 2.90. The lowest BCUT2D eigenvalue weighted by Crippen LogP contribution is -2.31. The highest BCUT2D eigenvalue weighted by atomic mass is 16.2. The molecule has 1 aromatic rings. The quantitative estimate of drug-likeness (QED) is 0.623. The standard InChI is InChI=1S/C19H30N4O2/c1-23(2)11-10-21-19(25)17-5-3-4-16(12-17)14-22-18(24)7-6-15-8-9-20-13-15/h3-5,12,15,20H,6-11,13-14H2,1-2H3,(H,21,25)(H,22,24). The van der Waals surface area contributed by atoms with Gasteiger partial charge in [-0.2, -0.15) is 0 Å². The molecule has 2 amide bonds. The van der Waals surface area contributed by atoms with Gasteiger partial charge in [-0.15, -0.1) is 0 Å². The average molecular weight is 346 g/mol. The number of benzene rings is 1. The van der Waals surface area contributed by atoms with Crippen LogP contribution < -0.4 is 16.0 Å². The molecule has 1 unspecified atom stereocenters. The Hall–Kier alpha value is -1.92. The van der Waals surface area contributed by atoms with Gasteiger partial charge in [0, 0.05) is 31.6 Å². The molecule has 0 radical (unpaired) electrons. The highest BCUT2D eigenvalue weighted by molar-refractivity contribution is 5.94. The number of hydrogen-bond donors (Lipinski definition) is 3.